The second-order valence-electron chi connectivity index (χ2n) is 7.35. The van der Waals surface area contributed by atoms with Gasteiger partial charge in [-0.2, -0.15) is 0 Å². The van der Waals surface area contributed by atoms with E-state index in [2.05, 4.69) is 35.5 Å². The Kier molecular flexibility index (Phi) is 6.00. The molecule has 4 nitrogen and oxygen atoms in total. The van der Waals surface area contributed by atoms with Crippen LogP contribution in [0, 0.1) is 26.6 Å². The van der Waals surface area contributed by atoms with E-state index < -0.39 is 5.82 Å². The van der Waals surface area contributed by atoms with E-state index in [-0.39, 0.29) is 17.0 Å². The molecule has 27 heavy (non-hydrogen) atoms. The fraction of sp³-hybridized carbons (Fsp3) is 0.429. The summed E-state index contributed by atoms with van der Waals surface area (Å²) in [6.07, 6.45) is 3.71. The number of rotatable bonds is 4. The molecule has 1 saturated carbocycles. The summed E-state index contributed by atoms with van der Waals surface area (Å²) >= 11 is 5.76. The van der Waals surface area contributed by atoms with Crippen LogP contribution in [0.4, 0.5) is 10.2 Å². The lowest BCUT2D eigenvalue weighted by atomic mass is 9.90. The third-order valence-corrected chi connectivity index (χ3v) is 5.53. The summed E-state index contributed by atoms with van der Waals surface area (Å²) in [5.41, 5.74) is 3.78. The van der Waals surface area contributed by atoms with Gasteiger partial charge in [0.25, 0.3) is 5.91 Å². The van der Waals surface area contributed by atoms with Gasteiger partial charge in [-0.25, -0.2) is 9.37 Å². The normalized spacial score (nSPS) is 19.6. The SMILES string of the molecule is Cc1cc(C)c(N[C@H]2CC[C@@H](NC(=O)c3ccc(F)c(Cl)c3)CC2)nc1C. The number of hydrogen-bond acceptors (Lipinski definition) is 3. The third kappa shape index (κ3) is 4.78. The van der Waals surface area contributed by atoms with Crippen molar-refractivity contribution in [2.24, 2.45) is 0 Å². The molecule has 0 aliphatic heterocycles. The van der Waals surface area contributed by atoms with E-state index in [1.807, 2.05) is 6.92 Å². The first-order valence-electron chi connectivity index (χ1n) is 9.31. The first kappa shape index (κ1) is 19.6. The molecule has 1 amide bonds. The van der Waals surface area contributed by atoms with E-state index in [1.54, 1.807) is 0 Å². The average molecular weight is 390 g/mol. The molecule has 3 rings (SSSR count). The zero-order valence-corrected chi connectivity index (χ0v) is 16.7. The minimum atomic E-state index is -0.518. The molecular weight excluding hydrogens is 365 g/mol. The smallest absolute Gasteiger partial charge is 0.251 e. The van der Waals surface area contributed by atoms with E-state index in [1.165, 1.54) is 23.8 Å². The lowest BCUT2D eigenvalue weighted by Crippen LogP contribution is -2.40. The number of nitrogens with zero attached hydrogens (tertiary/aromatic N) is 1. The maximum atomic E-state index is 13.2. The van der Waals surface area contributed by atoms with E-state index in [9.17, 15) is 9.18 Å². The molecule has 1 heterocycles. The van der Waals surface area contributed by atoms with Gasteiger partial charge in [0.2, 0.25) is 0 Å². The lowest BCUT2D eigenvalue weighted by molar-refractivity contribution is 0.0926. The van der Waals surface area contributed by atoms with Crippen molar-refractivity contribution in [2.75, 3.05) is 5.32 Å². The zero-order chi connectivity index (χ0) is 19.6. The number of nitrogens with one attached hydrogen (secondary N) is 2. The Balaban J connectivity index is 1.53. The van der Waals surface area contributed by atoms with Crippen LogP contribution in [0.15, 0.2) is 24.3 Å². The molecule has 1 aliphatic carbocycles. The van der Waals surface area contributed by atoms with Crippen LogP contribution in [-0.2, 0) is 0 Å². The van der Waals surface area contributed by atoms with Crippen molar-refractivity contribution in [3.8, 4) is 0 Å². The van der Waals surface area contributed by atoms with E-state index in [0.717, 1.165) is 42.8 Å². The number of amides is 1. The van der Waals surface area contributed by atoms with Crippen LogP contribution in [0.3, 0.4) is 0 Å². The fourth-order valence-corrected chi connectivity index (χ4v) is 3.65. The monoisotopic (exact) mass is 389 g/mol. The van der Waals surface area contributed by atoms with Crippen LogP contribution in [0.25, 0.3) is 0 Å². The summed E-state index contributed by atoms with van der Waals surface area (Å²) in [5.74, 6) is 0.224. The summed E-state index contributed by atoms with van der Waals surface area (Å²) in [4.78, 5) is 17.0. The van der Waals surface area contributed by atoms with Crippen LogP contribution >= 0.6 is 11.6 Å². The number of carbonyl (C=O) groups is 1. The summed E-state index contributed by atoms with van der Waals surface area (Å²) in [6.45, 7) is 6.16. The molecule has 0 radical (unpaired) electrons. The van der Waals surface area contributed by atoms with E-state index in [4.69, 9.17) is 11.6 Å². The summed E-state index contributed by atoms with van der Waals surface area (Å²) in [6, 6.07) is 6.67. The van der Waals surface area contributed by atoms with Crippen LogP contribution in [0.1, 0.15) is 52.9 Å². The summed E-state index contributed by atoms with van der Waals surface area (Å²) in [7, 11) is 0. The van der Waals surface area contributed by atoms with Crippen LogP contribution in [0.5, 0.6) is 0 Å². The van der Waals surface area contributed by atoms with Gasteiger partial charge in [-0.05, 0) is 75.8 Å². The number of aromatic nitrogens is 1. The fourth-order valence-electron chi connectivity index (χ4n) is 3.47. The zero-order valence-electron chi connectivity index (χ0n) is 15.9. The van der Waals surface area contributed by atoms with Gasteiger partial charge in [0, 0.05) is 23.3 Å². The molecule has 0 bridgehead atoms. The number of pyridine rings is 1. The first-order chi connectivity index (χ1) is 12.8. The van der Waals surface area contributed by atoms with Crippen molar-refractivity contribution in [1.29, 1.82) is 0 Å². The number of benzene rings is 1. The highest BCUT2D eigenvalue weighted by molar-refractivity contribution is 6.31. The maximum Gasteiger partial charge on any atom is 0.251 e. The van der Waals surface area contributed by atoms with E-state index >= 15 is 0 Å². The number of aryl methyl sites for hydroxylation is 3. The molecule has 1 aromatic heterocycles. The molecule has 1 aliphatic rings. The van der Waals surface area contributed by atoms with Crippen molar-refractivity contribution in [3.05, 3.63) is 57.5 Å². The standard InChI is InChI=1S/C21H25ClFN3O/c1-12-10-13(2)20(24-14(12)3)25-16-5-7-17(8-6-16)26-21(27)15-4-9-19(23)18(22)11-15/h4,9-11,16-17H,5-8H2,1-3H3,(H,24,25)(H,26,27)/t16-,17+. The molecule has 1 fully saturated rings. The second kappa shape index (κ2) is 8.26. The van der Waals surface area contributed by atoms with Crippen molar-refractivity contribution in [1.82, 2.24) is 10.3 Å². The van der Waals surface area contributed by atoms with Crippen LogP contribution in [0.2, 0.25) is 5.02 Å². The Labute approximate surface area is 164 Å². The molecule has 144 valence electrons. The largest absolute Gasteiger partial charge is 0.367 e. The second-order valence-corrected chi connectivity index (χ2v) is 7.76. The molecule has 1 aromatic carbocycles. The van der Waals surface area contributed by atoms with Gasteiger partial charge in [0.1, 0.15) is 11.6 Å². The Morgan fingerprint density at radius 1 is 1.07 bits per heavy atom. The Bertz CT molecular complexity index is 848. The van der Waals surface area contributed by atoms with Gasteiger partial charge >= 0.3 is 0 Å². The predicted octanol–water partition coefficient (Wildman–Crippen LogP) is 4.95. The van der Waals surface area contributed by atoms with Crippen molar-refractivity contribution in [2.45, 2.75) is 58.5 Å². The maximum absolute atomic E-state index is 13.2. The molecule has 6 heteroatoms. The van der Waals surface area contributed by atoms with Gasteiger partial charge in [0.15, 0.2) is 0 Å². The van der Waals surface area contributed by atoms with Crippen molar-refractivity contribution in [3.63, 3.8) is 0 Å². The Hall–Kier alpha value is -2.14. The average Bonchev–Trinajstić information content (AvgIpc) is 2.63. The van der Waals surface area contributed by atoms with Gasteiger partial charge in [0.05, 0.1) is 5.02 Å². The number of halogens is 2. The van der Waals surface area contributed by atoms with Gasteiger partial charge < -0.3 is 10.6 Å². The van der Waals surface area contributed by atoms with E-state index in [0.29, 0.717) is 11.6 Å². The molecule has 0 atom stereocenters. The van der Waals surface area contributed by atoms with Gasteiger partial charge in [-0.1, -0.05) is 17.7 Å². The summed E-state index contributed by atoms with van der Waals surface area (Å²) < 4.78 is 13.2. The quantitative estimate of drug-likeness (QED) is 0.777. The molecule has 0 unspecified atom stereocenters. The Morgan fingerprint density at radius 2 is 1.74 bits per heavy atom. The number of anilines is 1. The highest BCUT2D eigenvalue weighted by Crippen LogP contribution is 2.24. The molecule has 0 saturated heterocycles. The third-order valence-electron chi connectivity index (χ3n) is 5.24. The minimum Gasteiger partial charge on any atom is -0.367 e. The topological polar surface area (TPSA) is 54.0 Å². The molecule has 2 aromatic rings. The van der Waals surface area contributed by atoms with Gasteiger partial charge in [-0.15, -0.1) is 0 Å². The number of hydrogen-bond donors (Lipinski definition) is 2. The highest BCUT2D eigenvalue weighted by atomic mass is 35.5. The highest BCUT2D eigenvalue weighted by Gasteiger charge is 2.23. The first-order valence-corrected chi connectivity index (χ1v) is 9.68. The predicted molar refractivity (Wildman–Crippen MR) is 107 cm³/mol. The number of carbonyl (C=O) groups excluding carboxylic acids is 1. The molecule has 2 N–H and O–H groups in total. The Morgan fingerprint density at radius 3 is 2.41 bits per heavy atom. The van der Waals surface area contributed by atoms with Crippen LogP contribution in [-0.4, -0.2) is 23.0 Å². The molecular formula is C21H25ClFN3O. The molecule has 0 spiro atoms. The van der Waals surface area contributed by atoms with Crippen molar-refractivity contribution >= 4 is 23.3 Å². The van der Waals surface area contributed by atoms with Crippen molar-refractivity contribution < 1.29 is 9.18 Å². The lowest BCUT2D eigenvalue weighted by Gasteiger charge is -2.30. The summed E-state index contributed by atoms with van der Waals surface area (Å²) in [5, 5.41) is 6.55. The van der Waals surface area contributed by atoms with Crippen LogP contribution < -0.4 is 10.6 Å². The minimum absolute atomic E-state index is 0.0354. The van der Waals surface area contributed by atoms with Gasteiger partial charge in [-0.3, -0.25) is 4.79 Å².